The van der Waals surface area contributed by atoms with Crippen LogP contribution in [-0.4, -0.2) is 22.7 Å². The number of hydrogen-bond donors (Lipinski definition) is 3. The minimum atomic E-state index is -0.663. The number of carbonyl (C=O) groups is 3. The van der Waals surface area contributed by atoms with Gasteiger partial charge in [-0.25, -0.2) is 9.37 Å². The number of halogens is 2. The molecule has 0 spiro atoms. The third-order valence-corrected chi connectivity index (χ3v) is 9.49. The third kappa shape index (κ3) is 9.12. The molecule has 1 heterocycles. The Morgan fingerprint density at radius 3 is 2.26 bits per heavy atom. The molecule has 7 nitrogen and oxygen atoms in total. The first-order valence-electron chi connectivity index (χ1n) is 15.3. The molecule has 3 N–H and O–H groups in total. The summed E-state index contributed by atoms with van der Waals surface area (Å²) in [6.45, 7) is 0. The summed E-state index contributed by atoms with van der Waals surface area (Å²) in [5, 5.41) is 10.6. The van der Waals surface area contributed by atoms with Crippen LogP contribution in [0.5, 0.6) is 0 Å². The summed E-state index contributed by atoms with van der Waals surface area (Å²) in [6, 6.07) is 38.0. The van der Waals surface area contributed by atoms with E-state index in [-0.39, 0.29) is 17.4 Å². The lowest BCUT2D eigenvalue weighted by molar-refractivity contribution is -0.116. The van der Waals surface area contributed by atoms with E-state index < -0.39 is 17.1 Å². The van der Waals surface area contributed by atoms with Gasteiger partial charge in [-0.1, -0.05) is 78.3 Å². The van der Waals surface area contributed by atoms with Crippen LogP contribution in [-0.2, 0) is 9.59 Å². The maximum atomic E-state index is 13.7. The highest BCUT2D eigenvalue weighted by atomic mass is 35.5. The van der Waals surface area contributed by atoms with Crippen molar-refractivity contribution in [3.8, 4) is 11.3 Å². The lowest BCUT2D eigenvalue weighted by Crippen LogP contribution is -2.30. The number of amides is 3. The van der Waals surface area contributed by atoms with Crippen LogP contribution >= 0.6 is 34.7 Å². The van der Waals surface area contributed by atoms with E-state index in [4.69, 9.17) is 11.6 Å². The van der Waals surface area contributed by atoms with Crippen molar-refractivity contribution in [2.24, 2.45) is 0 Å². The van der Waals surface area contributed by atoms with Crippen molar-refractivity contribution in [2.75, 3.05) is 10.6 Å². The van der Waals surface area contributed by atoms with Crippen LogP contribution < -0.4 is 16.0 Å². The molecule has 11 heteroatoms. The Morgan fingerprint density at radius 2 is 1.52 bits per heavy atom. The van der Waals surface area contributed by atoms with Gasteiger partial charge in [-0.05, 0) is 83.9 Å². The van der Waals surface area contributed by atoms with Crippen molar-refractivity contribution >= 4 is 69.3 Å². The molecule has 1 unspecified atom stereocenters. The molecule has 1 aromatic heterocycles. The van der Waals surface area contributed by atoms with E-state index in [1.165, 1.54) is 35.2 Å². The standard InChI is InChI=1S/C39H28ClFN4O3S2/c40-29-14-7-9-25(21-29)22-33(43-36(46)28-12-5-2-6-13-28)37(47)42-31-15-8-16-32(23-31)50-35(27-10-3-1-4-11-27)38(48)45-39-44-34(24-49-39)26-17-19-30(41)20-18-26/h1-24,35H,(H,42,47)(H,43,46)(H,44,45,48)/b33-22-. The van der Waals surface area contributed by atoms with E-state index in [2.05, 4.69) is 20.9 Å². The van der Waals surface area contributed by atoms with Gasteiger partial charge in [0.2, 0.25) is 5.91 Å². The summed E-state index contributed by atoms with van der Waals surface area (Å²) >= 11 is 8.76. The fourth-order valence-electron chi connectivity index (χ4n) is 4.84. The van der Waals surface area contributed by atoms with Crippen molar-refractivity contribution in [1.29, 1.82) is 0 Å². The Hall–Kier alpha value is -5.55. The van der Waals surface area contributed by atoms with Crippen LogP contribution in [0.2, 0.25) is 5.02 Å². The van der Waals surface area contributed by atoms with Gasteiger partial charge in [0, 0.05) is 32.1 Å². The zero-order valence-electron chi connectivity index (χ0n) is 26.2. The first kappa shape index (κ1) is 34.3. The van der Waals surface area contributed by atoms with Gasteiger partial charge in [0.05, 0.1) is 5.69 Å². The number of nitrogens with one attached hydrogen (secondary N) is 3. The van der Waals surface area contributed by atoms with Crippen molar-refractivity contribution < 1.29 is 18.8 Å². The number of benzene rings is 5. The van der Waals surface area contributed by atoms with Crippen LogP contribution in [0, 0.1) is 5.82 Å². The van der Waals surface area contributed by atoms with Gasteiger partial charge in [0.15, 0.2) is 5.13 Å². The van der Waals surface area contributed by atoms with E-state index in [1.54, 1.807) is 96.4 Å². The normalized spacial score (nSPS) is 11.8. The number of thioether (sulfide) groups is 1. The van der Waals surface area contributed by atoms with Crippen molar-refractivity contribution in [3.63, 3.8) is 0 Å². The van der Waals surface area contributed by atoms with Gasteiger partial charge < -0.3 is 16.0 Å². The summed E-state index contributed by atoms with van der Waals surface area (Å²) in [5.41, 5.74) is 3.64. The number of aromatic nitrogens is 1. The zero-order valence-corrected chi connectivity index (χ0v) is 28.6. The van der Waals surface area contributed by atoms with E-state index in [9.17, 15) is 18.8 Å². The molecule has 6 rings (SSSR count). The van der Waals surface area contributed by atoms with Crippen molar-refractivity contribution in [3.05, 3.63) is 172 Å². The molecular formula is C39H28ClFN4O3S2. The molecule has 0 saturated heterocycles. The van der Waals surface area contributed by atoms with Gasteiger partial charge in [-0.15, -0.1) is 23.1 Å². The molecule has 0 saturated carbocycles. The predicted molar refractivity (Wildman–Crippen MR) is 200 cm³/mol. The quantitative estimate of drug-likeness (QED) is 0.0916. The number of carbonyl (C=O) groups excluding carboxylic acids is 3. The number of hydrogen-bond acceptors (Lipinski definition) is 6. The van der Waals surface area contributed by atoms with Gasteiger partial charge in [-0.3, -0.25) is 14.4 Å². The molecule has 0 aliphatic carbocycles. The predicted octanol–water partition coefficient (Wildman–Crippen LogP) is 9.48. The third-order valence-electron chi connectivity index (χ3n) is 7.25. The maximum absolute atomic E-state index is 13.7. The van der Waals surface area contributed by atoms with Gasteiger partial charge in [-0.2, -0.15) is 0 Å². The molecular weight excluding hydrogens is 691 g/mol. The molecule has 0 radical (unpaired) electrons. The average Bonchev–Trinajstić information content (AvgIpc) is 3.59. The molecule has 5 aromatic carbocycles. The SMILES string of the molecule is O=C(Nc1cccc(SC(C(=O)Nc2nc(-c3ccc(F)cc3)cs2)c2ccccc2)c1)/C(=C/c1cccc(Cl)c1)NC(=O)c1ccccc1. The van der Waals surface area contributed by atoms with Crippen molar-refractivity contribution in [2.45, 2.75) is 10.1 Å². The topological polar surface area (TPSA) is 100 Å². The largest absolute Gasteiger partial charge is 0.321 e. The average molecular weight is 719 g/mol. The molecule has 0 aliphatic rings. The fraction of sp³-hybridized carbons (Fsp3) is 0.0256. The van der Waals surface area contributed by atoms with E-state index in [0.717, 1.165) is 11.1 Å². The highest BCUT2D eigenvalue weighted by molar-refractivity contribution is 8.00. The number of rotatable bonds is 11. The Labute approximate surface area is 301 Å². The van der Waals surface area contributed by atoms with Crippen LogP contribution in [0.3, 0.4) is 0 Å². The molecule has 6 aromatic rings. The zero-order chi connectivity index (χ0) is 34.9. The summed E-state index contributed by atoms with van der Waals surface area (Å²) < 4.78 is 13.4. The minimum Gasteiger partial charge on any atom is -0.321 e. The number of nitrogens with zero attached hydrogens (tertiary/aromatic N) is 1. The monoisotopic (exact) mass is 718 g/mol. The second-order valence-corrected chi connectivity index (χ2v) is 13.3. The Kier molecular flexibility index (Phi) is 11.1. The lowest BCUT2D eigenvalue weighted by atomic mass is 10.1. The van der Waals surface area contributed by atoms with E-state index in [1.807, 2.05) is 36.4 Å². The first-order valence-corrected chi connectivity index (χ1v) is 17.4. The molecule has 0 fully saturated rings. The summed E-state index contributed by atoms with van der Waals surface area (Å²) in [4.78, 5) is 45.7. The summed E-state index contributed by atoms with van der Waals surface area (Å²) in [5.74, 6) is -1.62. The summed E-state index contributed by atoms with van der Waals surface area (Å²) in [7, 11) is 0. The smallest absolute Gasteiger partial charge is 0.272 e. The Bertz CT molecular complexity index is 2160. The molecule has 50 heavy (non-hydrogen) atoms. The highest BCUT2D eigenvalue weighted by Gasteiger charge is 2.24. The van der Waals surface area contributed by atoms with Crippen molar-refractivity contribution in [1.82, 2.24) is 10.3 Å². The fourth-order valence-corrected chi connectivity index (χ4v) is 6.85. The molecule has 3 amide bonds. The van der Waals surface area contributed by atoms with Crippen LogP contribution in [0.15, 0.2) is 149 Å². The molecule has 248 valence electrons. The van der Waals surface area contributed by atoms with E-state index in [0.29, 0.717) is 37.6 Å². The molecule has 0 aliphatic heterocycles. The first-order chi connectivity index (χ1) is 24.3. The number of thiazole rings is 1. The van der Waals surface area contributed by atoms with Gasteiger partial charge in [0.1, 0.15) is 16.8 Å². The Morgan fingerprint density at radius 1 is 0.800 bits per heavy atom. The number of anilines is 2. The van der Waals surface area contributed by atoms with Crippen LogP contribution in [0.25, 0.3) is 17.3 Å². The minimum absolute atomic E-state index is 0.0178. The lowest BCUT2D eigenvalue weighted by Gasteiger charge is -2.17. The van der Waals surface area contributed by atoms with Gasteiger partial charge in [0.25, 0.3) is 11.8 Å². The van der Waals surface area contributed by atoms with Crippen LogP contribution in [0.4, 0.5) is 15.2 Å². The highest BCUT2D eigenvalue weighted by Crippen LogP contribution is 2.38. The summed E-state index contributed by atoms with van der Waals surface area (Å²) in [6.07, 6.45) is 1.55. The second-order valence-electron chi connectivity index (χ2n) is 10.9. The Balaban J connectivity index is 1.21. The molecule has 1 atom stereocenters. The van der Waals surface area contributed by atoms with Gasteiger partial charge >= 0.3 is 0 Å². The molecule has 0 bridgehead atoms. The maximum Gasteiger partial charge on any atom is 0.272 e. The van der Waals surface area contributed by atoms with E-state index >= 15 is 0 Å². The second kappa shape index (κ2) is 16.2. The van der Waals surface area contributed by atoms with Crippen LogP contribution in [0.1, 0.15) is 26.7 Å².